The molecule has 1 saturated heterocycles. The van der Waals surface area contributed by atoms with Gasteiger partial charge < -0.3 is 35.6 Å². The fraction of sp³-hybridized carbons (Fsp3) is 0.600. The summed E-state index contributed by atoms with van der Waals surface area (Å²) in [5.41, 5.74) is -0.916. The van der Waals surface area contributed by atoms with Crippen molar-refractivity contribution in [3.05, 3.63) is 34.4 Å². The van der Waals surface area contributed by atoms with E-state index in [0.29, 0.717) is 12.8 Å². The molecule has 0 aromatic heterocycles. The lowest BCUT2D eigenvalue weighted by molar-refractivity contribution is -0.384. The molecule has 0 spiro atoms. The first kappa shape index (κ1) is 37.4. The van der Waals surface area contributed by atoms with E-state index in [1.165, 1.54) is 29.2 Å². The fourth-order valence-corrected chi connectivity index (χ4v) is 4.52. The number of nitro groups is 1. The lowest BCUT2D eigenvalue weighted by atomic mass is 10.0. The van der Waals surface area contributed by atoms with E-state index in [0.717, 1.165) is 0 Å². The molecule has 5 amide bonds. The summed E-state index contributed by atoms with van der Waals surface area (Å²) in [6, 6.07) is 2.03. The van der Waals surface area contributed by atoms with E-state index < -0.39 is 77.4 Å². The van der Waals surface area contributed by atoms with Crippen LogP contribution in [0.3, 0.4) is 0 Å². The summed E-state index contributed by atoms with van der Waals surface area (Å²) >= 11 is 0. The summed E-state index contributed by atoms with van der Waals surface area (Å²) in [6.07, 6.45) is 0.0683. The first-order valence-corrected chi connectivity index (χ1v) is 15.0. The summed E-state index contributed by atoms with van der Waals surface area (Å²) in [5, 5.41) is 20.8. The van der Waals surface area contributed by atoms with Gasteiger partial charge in [0, 0.05) is 18.7 Å². The van der Waals surface area contributed by atoms with Crippen LogP contribution in [0.1, 0.15) is 61.3 Å². The SMILES string of the molecule is CC(C)[C@H](NC(=O)CNC(=O)OC(C)(C)C)C(=O)NCC(=O)N[C@H](C(=O)N1CCC[C@H]1C(=O)Oc1ccc([N+](=O)[O-])cc1)C(C)C. The molecule has 2 rings (SSSR count). The number of likely N-dealkylation sites (tertiary alicyclic amines) is 1. The van der Waals surface area contributed by atoms with Gasteiger partial charge in [-0.25, -0.2) is 9.59 Å². The number of nitro benzene ring substituents is 1. The van der Waals surface area contributed by atoms with Crippen LogP contribution in [-0.2, 0) is 28.7 Å². The van der Waals surface area contributed by atoms with Crippen molar-refractivity contribution in [2.45, 2.75) is 85.0 Å². The van der Waals surface area contributed by atoms with E-state index >= 15 is 0 Å². The average molecular weight is 649 g/mol. The van der Waals surface area contributed by atoms with Gasteiger partial charge in [-0.15, -0.1) is 0 Å². The van der Waals surface area contributed by atoms with Crippen LogP contribution >= 0.6 is 0 Å². The number of ether oxygens (including phenoxy) is 2. The maximum absolute atomic E-state index is 13.5. The fourth-order valence-electron chi connectivity index (χ4n) is 4.52. The molecule has 1 aromatic carbocycles. The third-order valence-corrected chi connectivity index (χ3v) is 6.80. The molecule has 16 nitrogen and oxygen atoms in total. The number of hydrogen-bond acceptors (Lipinski definition) is 10. The second kappa shape index (κ2) is 16.5. The molecular weight excluding hydrogens is 604 g/mol. The maximum atomic E-state index is 13.5. The standard InChI is InChI=1S/C30H44N6O10/c1-17(2)24(33-23(38)16-32-29(42)46-30(5,6)7)26(39)31-15-22(37)34-25(18(3)4)27(40)35-14-8-9-21(35)28(41)45-20-12-10-19(11-13-20)36(43)44/h10-13,17-18,21,24-25H,8-9,14-16H2,1-7H3,(H,31,39)(H,32,42)(H,33,38)(H,34,37)/t21-,24-,25-/m0/s1. The molecule has 1 aromatic rings. The summed E-state index contributed by atoms with van der Waals surface area (Å²) in [4.78, 5) is 87.9. The molecule has 1 heterocycles. The van der Waals surface area contributed by atoms with Crippen LogP contribution in [0.4, 0.5) is 10.5 Å². The van der Waals surface area contributed by atoms with Gasteiger partial charge in [0.1, 0.15) is 36.0 Å². The number of non-ortho nitro benzene ring substituents is 1. The Labute approximate surface area is 267 Å². The Morgan fingerprint density at radius 3 is 1.98 bits per heavy atom. The number of esters is 1. The van der Waals surface area contributed by atoms with Gasteiger partial charge in [-0.1, -0.05) is 27.7 Å². The van der Waals surface area contributed by atoms with Crippen molar-refractivity contribution in [3.8, 4) is 5.75 Å². The highest BCUT2D eigenvalue weighted by Crippen LogP contribution is 2.24. The zero-order valence-electron chi connectivity index (χ0n) is 27.2. The minimum absolute atomic E-state index is 0.0922. The van der Waals surface area contributed by atoms with Gasteiger partial charge in [-0.2, -0.15) is 0 Å². The van der Waals surface area contributed by atoms with E-state index in [9.17, 15) is 38.9 Å². The van der Waals surface area contributed by atoms with Crippen LogP contribution in [0.2, 0.25) is 0 Å². The van der Waals surface area contributed by atoms with Crippen molar-refractivity contribution in [1.82, 2.24) is 26.2 Å². The highest BCUT2D eigenvalue weighted by molar-refractivity contribution is 5.94. The highest BCUT2D eigenvalue weighted by Gasteiger charge is 2.40. The molecule has 1 fully saturated rings. The Balaban J connectivity index is 1.95. The molecule has 46 heavy (non-hydrogen) atoms. The number of alkyl carbamates (subject to hydrolysis) is 1. The molecule has 0 bridgehead atoms. The second-order valence-electron chi connectivity index (χ2n) is 12.5. The maximum Gasteiger partial charge on any atom is 0.408 e. The van der Waals surface area contributed by atoms with Gasteiger partial charge in [0.05, 0.1) is 11.5 Å². The first-order chi connectivity index (χ1) is 21.4. The number of nitrogens with one attached hydrogen (secondary N) is 4. The molecule has 0 saturated carbocycles. The van der Waals surface area contributed by atoms with Gasteiger partial charge in [0.2, 0.25) is 23.6 Å². The quantitative estimate of drug-likeness (QED) is 0.104. The average Bonchev–Trinajstić information content (AvgIpc) is 3.45. The molecule has 0 aliphatic carbocycles. The number of nitrogens with zero attached hydrogens (tertiary/aromatic N) is 2. The monoisotopic (exact) mass is 648 g/mol. The van der Waals surface area contributed by atoms with Crippen molar-refractivity contribution >= 4 is 41.4 Å². The number of benzene rings is 1. The van der Waals surface area contributed by atoms with Crippen molar-refractivity contribution in [2.75, 3.05) is 19.6 Å². The number of rotatable bonds is 13. The van der Waals surface area contributed by atoms with Crippen molar-refractivity contribution in [1.29, 1.82) is 0 Å². The Kier molecular flexibility index (Phi) is 13.4. The third kappa shape index (κ3) is 11.6. The summed E-state index contributed by atoms with van der Waals surface area (Å²) in [6.45, 7) is 11.2. The minimum Gasteiger partial charge on any atom is -0.444 e. The minimum atomic E-state index is -1.02. The molecule has 254 valence electrons. The Hall–Kier alpha value is -4.76. The van der Waals surface area contributed by atoms with Crippen LogP contribution in [0.5, 0.6) is 5.75 Å². The largest absolute Gasteiger partial charge is 0.444 e. The van der Waals surface area contributed by atoms with Gasteiger partial charge in [-0.05, 0) is 57.6 Å². The van der Waals surface area contributed by atoms with E-state index in [-0.39, 0.29) is 29.8 Å². The predicted octanol–water partition coefficient (Wildman–Crippen LogP) is 1.41. The van der Waals surface area contributed by atoms with Gasteiger partial charge >= 0.3 is 12.1 Å². The predicted molar refractivity (Wildman–Crippen MR) is 164 cm³/mol. The summed E-state index contributed by atoms with van der Waals surface area (Å²) in [5.74, 6) is -3.79. The van der Waals surface area contributed by atoms with Crippen LogP contribution < -0.4 is 26.0 Å². The van der Waals surface area contributed by atoms with E-state index in [4.69, 9.17) is 9.47 Å². The number of hydrogen-bond donors (Lipinski definition) is 4. The molecule has 0 radical (unpaired) electrons. The summed E-state index contributed by atoms with van der Waals surface area (Å²) < 4.78 is 10.4. The van der Waals surface area contributed by atoms with E-state index in [1.54, 1.807) is 48.5 Å². The van der Waals surface area contributed by atoms with Crippen LogP contribution in [-0.4, -0.2) is 88.9 Å². The zero-order chi connectivity index (χ0) is 34.8. The van der Waals surface area contributed by atoms with Crippen molar-refractivity contribution in [2.24, 2.45) is 11.8 Å². The normalized spacial score (nSPS) is 15.8. The number of carbonyl (C=O) groups is 6. The number of amides is 5. The third-order valence-electron chi connectivity index (χ3n) is 6.80. The summed E-state index contributed by atoms with van der Waals surface area (Å²) in [7, 11) is 0. The molecule has 3 atom stereocenters. The lowest BCUT2D eigenvalue weighted by Crippen LogP contribution is -2.57. The Bertz CT molecular complexity index is 1290. The number of carbonyl (C=O) groups excluding carboxylic acids is 6. The van der Waals surface area contributed by atoms with E-state index in [1.807, 2.05) is 0 Å². The second-order valence-corrected chi connectivity index (χ2v) is 12.5. The van der Waals surface area contributed by atoms with Crippen molar-refractivity contribution < 1.29 is 43.2 Å². The zero-order valence-corrected chi connectivity index (χ0v) is 27.2. The van der Waals surface area contributed by atoms with Gasteiger partial charge in [-0.3, -0.25) is 29.3 Å². The van der Waals surface area contributed by atoms with Gasteiger partial charge in [0.15, 0.2) is 0 Å². The Morgan fingerprint density at radius 1 is 0.913 bits per heavy atom. The molecule has 1 aliphatic rings. The topological polar surface area (TPSA) is 215 Å². The molecule has 4 N–H and O–H groups in total. The Morgan fingerprint density at radius 2 is 1.46 bits per heavy atom. The van der Waals surface area contributed by atoms with Crippen LogP contribution in [0.25, 0.3) is 0 Å². The molecule has 1 aliphatic heterocycles. The first-order valence-electron chi connectivity index (χ1n) is 15.0. The van der Waals surface area contributed by atoms with Crippen LogP contribution in [0.15, 0.2) is 24.3 Å². The molecule has 0 unspecified atom stereocenters. The molecular formula is C30H44N6O10. The van der Waals surface area contributed by atoms with Gasteiger partial charge in [0.25, 0.3) is 5.69 Å². The van der Waals surface area contributed by atoms with Crippen LogP contribution in [0, 0.1) is 22.0 Å². The highest BCUT2D eigenvalue weighted by atomic mass is 16.6. The smallest absolute Gasteiger partial charge is 0.408 e. The molecule has 16 heteroatoms. The lowest BCUT2D eigenvalue weighted by Gasteiger charge is -2.30. The van der Waals surface area contributed by atoms with E-state index in [2.05, 4.69) is 21.3 Å². The van der Waals surface area contributed by atoms with Crippen molar-refractivity contribution in [3.63, 3.8) is 0 Å².